The summed E-state index contributed by atoms with van der Waals surface area (Å²) in [6.45, 7) is 1.38. The molecule has 0 spiro atoms. The van der Waals surface area contributed by atoms with Crippen molar-refractivity contribution in [3.05, 3.63) is 59.3 Å². The Labute approximate surface area is 146 Å². The smallest absolute Gasteiger partial charge is 0.194 e. The fourth-order valence-electron chi connectivity index (χ4n) is 2.64. The largest absolute Gasteiger partial charge is 0.353 e. The van der Waals surface area contributed by atoms with Crippen LogP contribution in [0.1, 0.15) is 11.4 Å². The monoisotopic (exact) mass is 344 g/mol. The van der Waals surface area contributed by atoms with Crippen LogP contribution < -0.4 is 5.32 Å². The molecular weight excluding hydrogens is 324 g/mol. The number of nitrogens with zero attached hydrogens (tertiary/aromatic N) is 5. The van der Waals surface area contributed by atoms with Gasteiger partial charge in [-0.25, -0.2) is 4.98 Å². The predicted octanol–water partition coefficient (Wildman–Crippen LogP) is 2.53. The molecule has 3 aromatic heterocycles. The number of guanidine groups is 1. The number of aromatic nitrogens is 3. The molecule has 126 valence electrons. The molecule has 0 saturated heterocycles. The van der Waals surface area contributed by atoms with E-state index in [1.807, 2.05) is 55.3 Å². The van der Waals surface area contributed by atoms with Crippen LogP contribution in [0.25, 0.3) is 5.65 Å². The molecule has 0 aliphatic carbocycles. The normalized spacial score (nSPS) is 11.9. The van der Waals surface area contributed by atoms with E-state index in [1.54, 1.807) is 7.05 Å². The number of hydrogen-bond donors (Lipinski definition) is 1. The molecule has 0 aliphatic rings. The fourth-order valence-corrected chi connectivity index (χ4v) is 2.80. The summed E-state index contributed by atoms with van der Waals surface area (Å²) >= 11 is 6.01. The van der Waals surface area contributed by atoms with Crippen molar-refractivity contribution in [1.82, 2.24) is 24.2 Å². The van der Waals surface area contributed by atoms with Crippen LogP contribution in [0.15, 0.2) is 47.8 Å². The summed E-state index contributed by atoms with van der Waals surface area (Å²) in [5.41, 5.74) is 3.04. The summed E-state index contributed by atoms with van der Waals surface area (Å²) in [4.78, 5) is 11.0. The molecule has 0 aliphatic heterocycles. The molecule has 0 atom stereocenters. The quantitative estimate of drug-likeness (QED) is 0.584. The van der Waals surface area contributed by atoms with Gasteiger partial charge in [0, 0.05) is 45.4 Å². The van der Waals surface area contributed by atoms with Crippen molar-refractivity contribution < 1.29 is 0 Å². The molecule has 0 radical (unpaired) electrons. The Morgan fingerprint density at radius 3 is 2.88 bits per heavy atom. The number of aliphatic imine (C=N–C) groups is 1. The number of rotatable bonds is 4. The number of aryl methyl sites for hydroxylation is 1. The van der Waals surface area contributed by atoms with Gasteiger partial charge in [0.25, 0.3) is 0 Å². The molecule has 6 nitrogen and oxygen atoms in total. The third-order valence-electron chi connectivity index (χ3n) is 3.92. The van der Waals surface area contributed by atoms with E-state index in [9.17, 15) is 0 Å². The fraction of sp³-hybridized carbons (Fsp3) is 0.294. The molecule has 1 N–H and O–H groups in total. The second-order valence-electron chi connectivity index (χ2n) is 5.71. The molecular formula is C17H21ClN6. The standard InChI is InChI=1S/C17H21ClN6/c1-19-17(23(3)12-15-5-4-8-22(15)2)20-9-14-11-24-10-13(18)6-7-16(24)21-14/h4-8,10-11H,9,12H2,1-3H3,(H,19,20). The number of hydrogen-bond acceptors (Lipinski definition) is 2. The van der Waals surface area contributed by atoms with Crippen molar-refractivity contribution in [3.8, 4) is 0 Å². The van der Waals surface area contributed by atoms with E-state index in [-0.39, 0.29) is 0 Å². The van der Waals surface area contributed by atoms with Crippen molar-refractivity contribution in [2.24, 2.45) is 12.0 Å². The van der Waals surface area contributed by atoms with Gasteiger partial charge in [0.1, 0.15) is 5.65 Å². The van der Waals surface area contributed by atoms with Gasteiger partial charge in [-0.2, -0.15) is 0 Å². The van der Waals surface area contributed by atoms with E-state index in [0.717, 1.165) is 23.8 Å². The highest BCUT2D eigenvalue weighted by Crippen LogP contribution is 2.12. The van der Waals surface area contributed by atoms with Crippen LogP contribution in [0, 0.1) is 0 Å². The maximum Gasteiger partial charge on any atom is 0.194 e. The van der Waals surface area contributed by atoms with Crippen LogP contribution in [0.5, 0.6) is 0 Å². The minimum atomic E-state index is 0.601. The van der Waals surface area contributed by atoms with Gasteiger partial charge < -0.3 is 19.2 Å². The molecule has 0 bridgehead atoms. The molecule has 0 amide bonds. The molecule has 0 aromatic carbocycles. The first-order valence-corrected chi connectivity index (χ1v) is 8.10. The number of imidazole rings is 1. The van der Waals surface area contributed by atoms with Crippen LogP contribution >= 0.6 is 11.6 Å². The molecule has 24 heavy (non-hydrogen) atoms. The zero-order valence-corrected chi connectivity index (χ0v) is 14.8. The second kappa shape index (κ2) is 6.97. The lowest BCUT2D eigenvalue weighted by atomic mass is 10.4. The number of nitrogens with one attached hydrogen (secondary N) is 1. The summed E-state index contributed by atoms with van der Waals surface area (Å²) in [5, 5.41) is 4.04. The predicted molar refractivity (Wildman–Crippen MR) is 97.3 cm³/mol. The summed E-state index contributed by atoms with van der Waals surface area (Å²) in [6, 6.07) is 7.90. The lowest BCUT2D eigenvalue weighted by molar-refractivity contribution is 0.461. The number of fused-ring (bicyclic) bond motifs is 1. The SMILES string of the molecule is CN=C(NCc1cn2cc(Cl)ccc2n1)N(C)Cc1cccn1C. The Hall–Kier alpha value is -2.47. The van der Waals surface area contributed by atoms with Gasteiger partial charge >= 0.3 is 0 Å². The van der Waals surface area contributed by atoms with Crippen molar-refractivity contribution in [2.45, 2.75) is 13.1 Å². The molecule has 3 aromatic rings. The van der Waals surface area contributed by atoms with Gasteiger partial charge in [0.2, 0.25) is 0 Å². The van der Waals surface area contributed by atoms with Gasteiger partial charge in [-0.3, -0.25) is 4.99 Å². The Morgan fingerprint density at radius 2 is 2.17 bits per heavy atom. The lowest BCUT2D eigenvalue weighted by Gasteiger charge is -2.22. The maximum atomic E-state index is 6.01. The van der Waals surface area contributed by atoms with Gasteiger partial charge in [-0.15, -0.1) is 0 Å². The second-order valence-corrected chi connectivity index (χ2v) is 6.15. The highest BCUT2D eigenvalue weighted by molar-refractivity contribution is 6.30. The Morgan fingerprint density at radius 1 is 1.33 bits per heavy atom. The van der Waals surface area contributed by atoms with Crippen molar-refractivity contribution in [2.75, 3.05) is 14.1 Å². The summed E-state index contributed by atoms with van der Waals surface area (Å²) in [5.74, 6) is 0.825. The Kier molecular flexibility index (Phi) is 4.76. The molecule has 0 unspecified atom stereocenters. The van der Waals surface area contributed by atoms with Crippen molar-refractivity contribution in [3.63, 3.8) is 0 Å². The van der Waals surface area contributed by atoms with Crippen LogP contribution in [-0.4, -0.2) is 38.9 Å². The number of pyridine rings is 1. The zero-order valence-electron chi connectivity index (χ0n) is 14.1. The first-order valence-electron chi connectivity index (χ1n) is 7.72. The minimum absolute atomic E-state index is 0.601. The third kappa shape index (κ3) is 3.54. The average Bonchev–Trinajstić information content (AvgIpc) is 3.13. The first kappa shape index (κ1) is 16.4. The van der Waals surface area contributed by atoms with Gasteiger partial charge in [0.05, 0.1) is 23.8 Å². The molecule has 0 saturated carbocycles. The molecule has 7 heteroatoms. The topological polar surface area (TPSA) is 49.9 Å². The van der Waals surface area contributed by atoms with E-state index < -0.39 is 0 Å². The van der Waals surface area contributed by atoms with Crippen LogP contribution in [0.2, 0.25) is 5.02 Å². The van der Waals surface area contributed by atoms with Crippen molar-refractivity contribution in [1.29, 1.82) is 0 Å². The highest BCUT2D eigenvalue weighted by Gasteiger charge is 2.09. The van der Waals surface area contributed by atoms with Gasteiger partial charge in [-0.05, 0) is 24.3 Å². The average molecular weight is 345 g/mol. The lowest BCUT2D eigenvalue weighted by Crippen LogP contribution is -2.38. The minimum Gasteiger partial charge on any atom is -0.353 e. The molecule has 0 fully saturated rings. The van der Waals surface area contributed by atoms with E-state index in [0.29, 0.717) is 11.6 Å². The van der Waals surface area contributed by atoms with E-state index in [4.69, 9.17) is 11.6 Å². The first-order chi connectivity index (χ1) is 11.6. The van der Waals surface area contributed by atoms with Crippen LogP contribution in [0.4, 0.5) is 0 Å². The van der Waals surface area contributed by atoms with Crippen molar-refractivity contribution >= 4 is 23.2 Å². The maximum absolute atomic E-state index is 6.01. The zero-order chi connectivity index (χ0) is 17.1. The van der Waals surface area contributed by atoms with Gasteiger partial charge in [0.15, 0.2) is 5.96 Å². The summed E-state index contributed by atoms with van der Waals surface area (Å²) < 4.78 is 4.03. The van der Waals surface area contributed by atoms with E-state index in [2.05, 4.69) is 30.8 Å². The Balaban J connectivity index is 1.65. The molecule has 3 heterocycles. The van der Waals surface area contributed by atoms with E-state index in [1.165, 1.54) is 5.69 Å². The number of halogens is 1. The van der Waals surface area contributed by atoms with Crippen LogP contribution in [0.3, 0.4) is 0 Å². The molecule has 3 rings (SSSR count). The summed E-state index contributed by atoms with van der Waals surface area (Å²) in [7, 11) is 5.85. The van der Waals surface area contributed by atoms with Gasteiger partial charge in [-0.1, -0.05) is 11.6 Å². The Bertz CT molecular complexity index is 863. The van der Waals surface area contributed by atoms with E-state index >= 15 is 0 Å². The summed E-state index contributed by atoms with van der Waals surface area (Å²) in [6.07, 6.45) is 5.86. The highest BCUT2D eigenvalue weighted by atomic mass is 35.5. The van der Waals surface area contributed by atoms with Crippen LogP contribution in [-0.2, 0) is 20.1 Å². The third-order valence-corrected chi connectivity index (χ3v) is 4.14.